The molecule has 4 saturated carbocycles. The summed E-state index contributed by atoms with van der Waals surface area (Å²) < 4.78 is 11.8. The summed E-state index contributed by atoms with van der Waals surface area (Å²) in [4.78, 5) is 12.9. The zero-order valence-corrected chi connectivity index (χ0v) is 12.0. The summed E-state index contributed by atoms with van der Waals surface area (Å²) in [6.45, 7) is 8.14. The molecule has 0 bridgehead atoms. The second-order valence-corrected chi connectivity index (χ2v) is 8.17. The number of ketones is 1. The third-order valence-corrected chi connectivity index (χ3v) is 8.00. The average Bonchev–Trinajstić information content (AvgIpc) is 2.75. The van der Waals surface area contributed by atoms with E-state index in [0.717, 1.165) is 19.4 Å². The van der Waals surface area contributed by atoms with Gasteiger partial charge in [0.1, 0.15) is 12.6 Å². The van der Waals surface area contributed by atoms with E-state index >= 15 is 0 Å². The lowest BCUT2D eigenvalue weighted by atomic mass is 9.65. The zero-order chi connectivity index (χ0) is 13.3. The predicted molar refractivity (Wildman–Crippen MR) is 68.3 cm³/mol. The fourth-order valence-electron chi connectivity index (χ4n) is 7.72. The number of carbonyl (C=O) groups is 1. The van der Waals surface area contributed by atoms with Crippen LogP contribution < -0.4 is 0 Å². The highest BCUT2D eigenvalue weighted by molar-refractivity contribution is 5.96. The molecule has 1 heterocycles. The molecule has 0 aromatic rings. The number of rotatable bonds is 0. The molecular weight excluding hydrogens is 240 g/mol. The molecule has 3 nitrogen and oxygen atoms in total. The Morgan fingerprint density at radius 3 is 2.84 bits per heavy atom. The van der Waals surface area contributed by atoms with Gasteiger partial charge in [0.15, 0.2) is 0 Å². The van der Waals surface area contributed by atoms with E-state index in [9.17, 15) is 4.79 Å². The maximum atomic E-state index is 12.9. The van der Waals surface area contributed by atoms with Crippen LogP contribution in [-0.2, 0) is 14.3 Å². The molecule has 1 saturated heterocycles. The number of hydrogen-bond donors (Lipinski definition) is 0. The first-order chi connectivity index (χ1) is 8.96. The first-order valence-electron chi connectivity index (χ1n) is 7.71. The molecular formula is C16H22O3. The van der Waals surface area contributed by atoms with E-state index in [0.29, 0.717) is 30.3 Å². The second kappa shape index (κ2) is 2.67. The van der Waals surface area contributed by atoms with Crippen LogP contribution >= 0.6 is 0 Å². The van der Waals surface area contributed by atoms with E-state index in [4.69, 9.17) is 9.47 Å². The molecule has 1 unspecified atom stereocenters. The highest BCUT2D eigenvalue weighted by Gasteiger charge is 3.00. The van der Waals surface area contributed by atoms with Crippen molar-refractivity contribution in [3.8, 4) is 0 Å². The molecule has 5 aliphatic rings. The molecule has 0 radical (unpaired) electrons. The first kappa shape index (κ1) is 11.3. The summed E-state index contributed by atoms with van der Waals surface area (Å²) in [5, 5.41) is 0. The lowest BCUT2D eigenvalue weighted by molar-refractivity contribution is -0.237. The maximum absolute atomic E-state index is 12.9. The normalized spacial score (nSPS) is 63.7. The predicted octanol–water partition coefficient (Wildman–Crippen LogP) is 2.39. The van der Waals surface area contributed by atoms with Crippen LogP contribution in [0.5, 0.6) is 0 Å². The van der Waals surface area contributed by atoms with Crippen molar-refractivity contribution in [2.45, 2.75) is 45.6 Å². The number of carbonyl (C=O) groups excluding carboxylic acids is 1. The van der Waals surface area contributed by atoms with Crippen LogP contribution in [0.25, 0.3) is 0 Å². The molecule has 4 aliphatic carbocycles. The molecule has 5 fully saturated rings. The Labute approximate surface area is 114 Å². The van der Waals surface area contributed by atoms with Gasteiger partial charge in [-0.1, -0.05) is 20.8 Å². The SMILES string of the molecule is C[C@@H]1CC(=O)C23[C@@H]4[C@]5(CC[C@@]142)OCOC[C@H]5C3(C)C. The Morgan fingerprint density at radius 1 is 1.26 bits per heavy atom. The molecule has 19 heavy (non-hydrogen) atoms. The molecule has 5 rings (SSSR count). The maximum Gasteiger partial charge on any atom is 0.147 e. The second-order valence-electron chi connectivity index (χ2n) is 8.17. The summed E-state index contributed by atoms with van der Waals surface area (Å²) in [5.74, 6) is 1.99. The van der Waals surface area contributed by atoms with Gasteiger partial charge in [0.25, 0.3) is 0 Å². The smallest absolute Gasteiger partial charge is 0.147 e. The van der Waals surface area contributed by atoms with Crippen molar-refractivity contribution in [1.82, 2.24) is 0 Å². The van der Waals surface area contributed by atoms with E-state index in [-0.39, 0.29) is 21.8 Å². The zero-order valence-electron chi connectivity index (χ0n) is 12.0. The van der Waals surface area contributed by atoms with Gasteiger partial charge in [-0.2, -0.15) is 0 Å². The summed E-state index contributed by atoms with van der Waals surface area (Å²) in [5.41, 5.74) is 0.208. The third kappa shape index (κ3) is 0.729. The minimum absolute atomic E-state index is 0.0356. The lowest BCUT2D eigenvalue weighted by Gasteiger charge is -2.45. The van der Waals surface area contributed by atoms with E-state index in [1.54, 1.807) is 0 Å². The molecule has 3 heteroatoms. The van der Waals surface area contributed by atoms with Crippen molar-refractivity contribution >= 4 is 5.78 Å². The van der Waals surface area contributed by atoms with Crippen molar-refractivity contribution in [3.63, 3.8) is 0 Å². The van der Waals surface area contributed by atoms with Crippen molar-refractivity contribution in [1.29, 1.82) is 0 Å². The summed E-state index contributed by atoms with van der Waals surface area (Å²) >= 11 is 0. The summed E-state index contributed by atoms with van der Waals surface area (Å²) in [7, 11) is 0. The molecule has 0 amide bonds. The van der Waals surface area contributed by atoms with Crippen LogP contribution in [0.15, 0.2) is 0 Å². The van der Waals surface area contributed by atoms with Gasteiger partial charge in [-0.05, 0) is 29.6 Å². The number of Topliss-reactive ketones (excluding diaryl/α,β-unsaturated/α-hetero) is 1. The van der Waals surface area contributed by atoms with Crippen molar-refractivity contribution in [2.75, 3.05) is 13.4 Å². The Kier molecular flexibility index (Phi) is 1.58. The van der Waals surface area contributed by atoms with Crippen LogP contribution in [0.2, 0.25) is 0 Å². The van der Waals surface area contributed by atoms with E-state index in [1.807, 2.05) is 0 Å². The van der Waals surface area contributed by atoms with E-state index in [2.05, 4.69) is 20.8 Å². The van der Waals surface area contributed by atoms with Crippen LogP contribution in [0, 0.1) is 34.0 Å². The molecule has 0 aromatic carbocycles. The van der Waals surface area contributed by atoms with Gasteiger partial charge >= 0.3 is 0 Å². The monoisotopic (exact) mass is 262 g/mol. The minimum Gasteiger partial charge on any atom is -0.355 e. The first-order valence-corrected chi connectivity index (χ1v) is 7.71. The van der Waals surface area contributed by atoms with Crippen LogP contribution in [0.1, 0.15) is 40.0 Å². The number of ether oxygens (including phenoxy) is 2. The van der Waals surface area contributed by atoms with Gasteiger partial charge in [0.2, 0.25) is 0 Å². The van der Waals surface area contributed by atoms with E-state index < -0.39 is 0 Å². The quantitative estimate of drug-likeness (QED) is 0.672. The van der Waals surface area contributed by atoms with Gasteiger partial charge in [0, 0.05) is 23.7 Å². The molecule has 6 atom stereocenters. The van der Waals surface area contributed by atoms with Crippen LogP contribution in [0.4, 0.5) is 0 Å². The summed E-state index contributed by atoms with van der Waals surface area (Å²) in [6.07, 6.45) is 3.14. The molecule has 3 spiro atoms. The Morgan fingerprint density at radius 2 is 2.05 bits per heavy atom. The van der Waals surface area contributed by atoms with Crippen molar-refractivity contribution < 1.29 is 14.3 Å². The van der Waals surface area contributed by atoms with E-state index in [1.165, 1.54) is 6.42 Å². The highest BCUT2D eigenvalue weighted by atomic mass is 16.7. The lowest BCUT2D eigenvalue weighted by Crippen LogP contribution is -2.50. The Bertz CT molecular complexity index is 512. The molecule has 0 aromatic heterocycles. The van der Waals surface area contributed by atoms with Gasteiger partial charge in [-0.3, -0.25) is 4.79 Å². The van der Waals surface area contributed by atoms with Gasteiger partial charge < -0.3 is 9.47 Å². The van der Waals surface area contributed by atoms with Crippen LogP contribution in [-0.4, -0.2) is 24.8 Å². The van der Waals surface area contributed by atoms with Gasteiger partial charge in [-0.25, -0.2) is 0 Å². The minimum atomic E-state index is -0.0734. The fraction of sp³-hybridized carbons (Fsp3) is 0.938. The highest BCUT2D eigenvalue weighted by Crippen LogP contribution is 2.97. The fourth-order valence-corrected chi connectivity index (χ4v) is 7.72. The topological polar surface area (TPSA) is 35.5 Å². The number of hydrogen-bond acceptors (Lipinski definition) is 3. The average molecular weight is 262 g/mol. The molecule has 1 aliphatic heterocycles. The van der Waals surface area contributed by atoms with Gasteiger partial charge in [-0.15, -0.1) is 0 Å². The third-order valence-electron chi connectivity index (χ3n) is 8.00. The Balaban J connectivity index is 1.78. The van der Waals surface area contributed by atoms with Crippen molar-refractivity contribution in [3.05, 3.63) is 0 Å². The Hall–Kier alpha value is -0.410. The summed E-state index contributed by atoms with van der Waals surface area (Å²) in [6, 6.07) is 0. The standard InChI is InChI=1S/C16H22O3/c1-9-6-11(17)16-12-14(9,16)4-5-15(12)10(13(16,2)3)7-18-8-19-15/h9-10,12H,4-8H2,1-3H3/t9-,10+,12+,14-,15-,16?/m1/s1. The van der Waals surface area contributed by atoms with Crippen LogP contribution in [0.3, 0.4) is 0 Å². The van der Waals surface area contributed by atoms with Crippen molar-refractivity contribution in [2.24, 2.45) is 34.0 Å². The molecule has 0 N–H and O–H groups in total. The largest absolute Gasteiger partial charge is 0.355 e. The van der Waals surface area contributed by atoms with Gasteiger partial charge in [0.05, 0.1) is 12.2 Å². The molecule has 104 valence electrons.